The summed E-state index contributed by atoms with van der Waals surface area (Å²) in [7, 11) is 0. The van der Waals surface area contributed by atoms with Crippen LogP contribution in [0.2, 0.25) is 0 Å². The van der Waals surface area contributed by atoms with Crippen LogP contribution in [-0.4, -0.2) is 34.8 Å². The van der Waals surface area contributed by atoms with E-state index < -0.39 is 12.2 Å². The molecule has 2 saturated carbocycles. The summed E-state index contributed by atoms with van der Waals surface area (Å²) in [5.74, 6) is 6.96. The van der Waals surface area contributed by atoms with Gasteiger partial charge in [-0.3, -0.25) is 4.79 Å². The molecule has 2 aliphatic carbocycles. The molecule has 5 atom stereocenters. The van der Waals surface area contributed by atoms with Gasteiger partial charge >= 0.3 is 0 Å². The van der Waals surface area contributed by atoms with Crippen LogP contribution in [0, 0.1) is 35.0 Å². The highest BCUT2D eigenvalue weighted by molar-refractivity contribution is 5.92. The molecule has 0 unspecified atom stereocenters. The second kappa shape index (κ2) is 7.19. The number of para-hydroxylation sites is 1. The zero-order valence-electron chi connectivity index (χ0n) is 14.8. The zero-order valence-corrected chi connectivity index (χ0v) is 14.8. The maximum Gasteiger partial charge on any atom is 0.148 e. The summed E-state index contributed by atoms with van der Waals surface area (Å²) in [6.07, 6.45) is 0.382. The van der Waals surface area contributed by atoms with Gasteiger partial charge in [-0.15, -0.1) is 0 Å². The number of carbonyl (C=O) groups is 1. The third-order valence-corrected chi connectivity index (χ3v) is 5.89. The minimum Gasteiger partial charge on any atom is -0.490 e. The molecule has 0 heterocycles. The second-order valence-electron chi connectivity index (χ2n) is 7.49. The summed E-state index contributed by atoms with van der Waals surface area (Å²) in [5, 5.41) is 20.4. The third kappa shape index (κ3) is 3.31. The van der Waals surface area contributed by atoms with Crippen molar-refractivity contribution in [3.05, 3.63) is 30.3 Å². The van der Waals surface area contributed by atoms with Crippen molar-refractivity contribution in [3.8, 4) is 17.6 Å². The second-order valence-corrected chi connectivity index (χ2v) is 7.49. The van der Waals surface area contributed by atoms with Gasteiger partial charge in [0.25, 0.3) is 0 Å². The smallest absolute Gasteiger partial charge is 0.148 e. The third-order valence-electron chi connectivity index (χ3n) is 5.89. The molecule has 0 radical (unpaired) electrons. The van der Waals surface area contributed by atoms with Crippen molar-refractivity contribution < 1.29 is 19.7 Å². The predicted molar refractivity (Wildman–Crippen MR) is 94.8 cm³/mol. The summed E-state index contributed by atoms with van der Waals surface area (Å²) in [5.41, 5.74) is -0.329. The SMILES string of the molecule is CC(C)[C@]12CC[C@@H](O)[C@H](C#C[C@H](O)COc3ccccc3)[C@H]1CC2=O. The molecule has 0 spiro atoms. The highest BCUT2D eigenvalue weighted by Gasteiger charge is 2.61. The first-order valence-electron chi connectivity index (χ1n) is 9.03. The van der Waals surface area contributed by atoms with Gasteiger partial charge in [0.1, 0.15) is 24.2 Å². The Kier molecular flexibility index (Phi) is 5.17. The Bertz CT molecular complexity index is 672. The van der Waals surface area contributed by atoms with E-state index in [0.29, 0.717) is 24.4 Å². The maximum absolute atomic E-state index is 12.3. The van der Waals surface area contributed by atoms with Gasteiger partial charge in [0.05, 0.1) is 12.0 Å². The molecule has 0 saturated heterocycles. The fourth-order valence-electron chi connectivity index (χ4n) is 4.42. The van der Waals surface area contributed by atoms with E-state index in [1.54, 1.807) is 0 Å². The van der Waals surface area contributed by atoms with Crippen LogP contribution >= 0.6 is 0 Å². The minimum absolute atomic E-state index is 0.0821. The van der Waals surface area contributed by atoms with Gasteiger partial charge < -0.3 is 14.9 Å². The number of aliphatic hydroxyl groups excluding tert-OH is 2. The summed E-state index contributed by atoms with van der Waals surface area (Å²) < 4.78 is 5.50. The Morgan fingerprint density at radius 3 is 2.68 bits per heavy atom. The first-order chi connectivity index (χ1) is 11.9. The van der Waals surface area contributed by atoms with Crippen LogP contribution in [0.5, 0.6) is 5.75 Å². The lowest BCUT2D eigenvalue weighted by Crippen LogP contribution is -2.60. The molecule has 0 amide bonds. The highest BCUT2D eigenvalue weighted by Crippen LogP contribution is 2.59. The van der Waals surface area contributed by atoms with Crippen molar-refractivity contribution in [2.75, 3.05) is 6.61 Å². The number of rotatable bonds is 4. The molecular weight excluding hydrogens is 316 g/mol. The van der Waals surface area contributed by atoms with Crippen molar-refractivity contribution in [1.29, 1.82) is 0 Å². The van der Waals surface area contributed by atoms with Crippen LogP contribution in [-0.2, 0) is 4.79 Å². The van der Waals surface area contributed by atoms with E-state index in [1.165, 1.54) is 0 Å². The van der Waals surface area contributed by atoms with Crippen molar-refractivity contribution in [1.82, 2.24) is 0 Å². The first-order valence-corrected chi connectivity index (χ1v) is 9.03. The van der Waals surface area contributed by atoms with E-state index in [0.717, 1.165) is 6.42 Å². The number of fused-ring (bicyclic) bond motifs is 1. The number of aliphatic hydroxyl groups is 2. The van der Waals surface area contributed by atoms with E-state index >= 15 is 0 Å². The van der Waals surface area contributed by atoms with Gasteiger partial charge in [-0.25, -0.2) is 0 Å². The predicted octanol–water partition coefficient (Wildman–Crippen LogP) is 2.43. The lowest BCUT2D eigenvalue weighted by molar-refractivity contribution is -0.167. The van der Waals surface area contributed by atoms with Crippen LogP contribution in [0.1, 0.15) is 33.1 Å². The lowest BCUT2D eigenvalue weighted by atomic mass is 9.45. The Morgan fingerprint density at radius 1 is 1.32 bits per heavy atom. The first kappa shape index (κ1) is 18.0. The van der Waals surface area contributed by atoms with E-state index in [1.807, 2.05) is 30.3 Å². The van der Waals surface area contributed by atoms with Crippen LogP contribution in [0.3, 0.4) is 0 Å². The molecule has 25 heavy (non-hydrogen) atoms. The number of hydrogen-bond donors (Lipinski definition) is 2. The van der Waals surface area contributed by atoms with Crippen molar-refractivity contribution in [3.63, 3.8) is 0 Å². The monoisotopic (exact) mass is 342 g/mol. The molecule has 2 fully saturated rings. The van der Waals surface area contributed by atoms with Gasteiger partial charge in [-0.1, -0.05) is 43.9 Å². The van der Waals surface area contributed by atoms with Crippen molar-refractivity contribution in [2.24, 2.45) is 23.2 Å². The standard InChI is InChI=1S/C21H26O4/c1-14(2)21-11-10-19(23)17(18(21)12-20(21)24)9-8-15(22)13-25-16-6-4-3-5-7-16/h3-7,14-15,17-19,22-23H,10-13H2,1-2H3/t15-,17+,18+,19+,21+/m0/s1. The van der Waals surface area contributed by atoms with Crippen molar-refractivity contribution in [2.45, 2.75) is 45.3 Å². The average Bonchev–Trinajstić information content (AvgIpc) is 2.59. The number of ketones is 1. The fraction of sp³-hybridized carbons (Fsp3) is 0.571. The molecule has 1 aromatic rings. The largest absolute Gasteiger partial charge is 0.490 e. The highest BCUT2D eigenvalue weighted by atomic mass is 16.5. The zero-order chi connectivity index (χ0) is 18.0. The molecular formula is C21H26O4. The Morgan fingerprint density at radius 2 is 2.04 bits per heavy atom. The van der Waals surface area contributed by atoms with E-state index in [4.69, 9.17) is 4.74 Å². The molecule has 2 N–H and O–H groups in total. The average molecular weight is 342 g/mol. The molecule has 3 rings (SSSR count). The lowest BCUT2D eigenvalue weighted by Gasteiger charge is -2.57. The Balaban J connectivity index is 1.65. The quantitative estimate of drug-likeness (QED) is 0.825. The summed E-state index contributed by atoms with van der Waals surface area (Å²) in [6.45, 7) is 4.24. The normalized spacial score (nSPS) is 32.2. The molecule has 2 aliphatic rings. The molecule has 0 bridgehead atoms. The number of ether oxygens (including phenoxy) is 1. The molecule has 4 heteroatoms. The van der Waals surface area contributed by atoms with Crippen molar-refractivity contribution >= 4 is 5.78 Å². The Hall–Kier alpha value is -1.83. The van der Waals surface area contributed by atoms with Gasteiger partial charge in [-0.05, 0) is 36.8 Å². The van der Waals surface area contributed by atoms with E-state index in [-0.39, 0.29) is 29.8 Å². The Labute approximate surface area is 149 Å². The fourth-order valence-corrected chi connectivity index (χ4v) is 4.42. The molecule has 0 aromatic heterocycles. The molecule has 1 aromatic carbocycles. The number of benzene rings is 1. The number of Topliss-reactive ketones (excluding diaryl/α,β-unsaturated/α-hetero) is 1. The molecule has 4 nitrogen and oxygen atoms in total. The topological polar surface area (TPSA) is 66.8 Å². The molecule has 134 valence electrons. The summed E-state index contributed by atoms with van der Waals surface area (Å²) in [6, 6.07) is 9.27. The molecule has 0 aliphatic heterocycles. The maximum atomic E-state index is 12.3. The number of hydrogen-bond acceptors (Lipinski definition) is 4. The summed E-state index contributed by atoms with van der Waals surface area (Å²) in [4.78, 5) is 12.3. The minimum atomic E-state index is -0.918. The van der Waals surface area contributed by atoms with Gasteiger partial charge in [0.2, 0.25) is 0 Å². The number of carbonyl (C=O) groups excluding carboxylic acids is 1. The summed E-state index contributed by atoms with van der Waals surface area (Å²) >= 11 is 0. The van der Waals surface area contributed by atoms with Gasteiger partial charge in [-0.2, -0.15) is 0 Å². The van der Waals surface area contributed by atoms with Crippen LogP contribution in [0.4, 0.5) is 0 Å². The van der Waals surface area contributed by atoms with Crippen LogP contribution < -0.4 is 4.74 Å². The van der Waals surface area contributed by atoms with Gasteiger partial charge in [0.15, 0.2) is 0 Å². The van der Waals surface area contributed by atoms with Crippen LogP contribution in [0.15, 0.2) is 30.3 Å². The van der Waals surface area contributed by atoms with E-state index in [9.17, 15) is 15.0 Å². The van der Waals surface area contributed by atoms with Gasteiger partial charge in [0, 0.05) is 11.8 Å². The van der Waals surface area contributed by atoms with E-state index in [2.05, 4.69) is 25.7 Å². The van der Waals surface area contributed by atoms with Crippen LogP contribution in [0.25, 0.3) is 0 Å².